The third-order valence-corrected chi connectivity index (χ3v) is 13.8. The maximum absolute atomic E-state index is 13.2. The highest BCUT2D eigenvalue weighted by molar-refractivity contribution is 5.99. The van der Waals surface area contributed by atoms with Gasteiger partial charge < -0.3 is 17.0 Å². The van der Waals surface area contributed by atoms with Gasteiger partial charge in [0.15, 0.2) is 6.54 Å². The number of rotatable bonds is 9. The van der Waals surface area contributed by atoms with E-state index in [0.29, 0.717) is 23.4 Å². The van der Waals surface area contributed by atoms with Crippen molar-refractivity contribution in [3.63, 3.8) is 0 Å². The van der Waals surface area contributed by atoms with E-state index in [1.54, 1.807) is 5.57 Å². The molecule has 1 heterocycles. The number of benzene rings is 2. The van der Waals surface area contributed by atoms with E-state index < -0.39 is 0 Å². The summed E-state index contributed by atoms with van der Waals surface area (Å²) in [7, 11) is 0. The highest BCUT2D eigenvalue weighted by atomic mass is 79.9. The van der Waals surface area contributed by atoms with Crippen LogP contribution in [0.5, 0.6) is 0 Å². The van der Waals surface area contributed by atoms with E-state index in [1.807, 2.05) is 24.3 Å². The van der Waals surface area contributed by atoms with E-state index in [0.717, 1.165) is 46.5 Å². The number of imidazole rings is 1. The number of Topliss-reactive ketones (excluding diaryl/α,β-unsaturated/α-hetero) is 1. The van der Waals surface area contributed by atoms with Gasteiger partial charge in [0.2, 0.25) is 12.1 Å². The Morgan fingerprint density at radius 3 is 2.57 bits per heavy atom. The highest BCUT2D eigenvalue weighted by Crippen LogP contribution is 2.67. The molecule has 0 bridgehead atoms. The summed E-state index contributed by atoms with van der Waals surface area (Å²) in [5.41, 5.74) is 3.46. The second-order valence-electron chi connectivity index (χ2n) is 16.7. The van der Waals surface area contributed by atoms with Crippen molar-refractivity contribution < 1.29 is 26.3 Å². The molecule has 7 rings (SSSR count). The number of hydrogen-bond donors (Lipinski definition) is 0. The fraction of sp³-hybridized carbons (Fsp3) is 0.619. The molecule has 1 aromatic heterocycles. The Morgan fingerprint density at radius 1 is 0.957 bits per heavy atom. The minimum Gasteiger partial charge on any atom is -1.00 e. The molecule has 46 heavy (non-hydrogen) atoms. The third kappa shape index (κ3) is 6.10. The molecule has 0 amide bonds. The number of carbonyl (C=O) groups excluding carboxylic acids is 1. The quantitative estimate of drug-likeness (QED) is 0.131. The van der Waals surface area contributed by atoms with E-state index in [9.17, 15) is 4.79 Å². The molecule has 3 aromatic rings. The van der Waals surface area contributed by atoms with Crippen molar-refractivity contribution in [1.82, 2.24) is 4.57 Å². The molecule has 248 valence electrons. The fourth-order valence-electron chi connectivity index (χ4n) is 11.3. The number of carbonyl (C=O) groups is 1. The van der Waals surface area contributed by atoms with Gasteiger partial charge >= 0.3 is 0 Å². The molecule has 4 aliphatic carbocycles. The lowest BCUT2D eigenvalue weighted by Gasteiger charge is -2.58. The molecule has 4 heteroatoms. The number of hydrogen-bond acceptors (Lipinski definition) is 1. The first kappa shape index (κ1) is 33.7. The predicted octanol–water partition coefficient (Wildman–Crippen LogP) is 7.40. The molecule has 3 saturated carbocycles. The molecule has 8 atom stereocenters. The molecule has 0 aliphatic heterocycles. The average molecular weight is 686 g/mol. The molecule has 0 saturated heterocycles. The lowest BCUT2D eigenvalue weighted by atomic mass is 9.47. The van der Waals surface area contributed by atoms with Gasteiger partial charge in [0.05, 0.1) is 0 Å². The summed E-state index contributed by atoms with van der Waals surface area (Å²) in [6, 6.07) is 14.8. The van der Waals surface area contributed by atoms with Crippen molar-refractivity contribution in [2.75, 3.05) is 0 Å². The molecule has 3 nitrogen and oxygen atoms in total. The van der Waals surface area contributed by atoms with Crippen LogP contribution in [0.15, 0.2) is 72.8 Å². The molecule has 0 N–H and O–H groups in total. The summed E-state index contributed by atoms with van der Waals surface area (Å²) in [6.07, 6.45) is 24.3. The van der Waals surface area contributed by atoms with Crippen molar-refractivity contribution in [3.05, 3.63) is 78.4 Å². The first-order valence-electron chi connectivity index (χ1n) is 18.4. The van der Waals surface area contributed by atoms with Crippen molar-refractivity contribution in [2.45, 2.75) is 118 Å². The number of ketones is 1. The number of halogens is 1. The summed E-state index contributed by atoms with van der Waals surface area (Å²) in [5, 5.41) is 2.30. The topological polar surface area (TPSA) is 25.9 Å². The molecule has 3 fully saturated rings. The molecular weight excluding hydrogens is 628 g/mol. The van der Waals surface area contributed by atoms with E-state index in [-0.39, 0.29) is 22.8 Å². The zero-order valence-electron chi connectivity index (χ0n) is 29.1. The molecule has 0 spiro atoms. The monoisotopic (exact) mass is 684 g/mol. The molecule has 0 radical (unpaired) electrons. The van der Waals surface area contributed by atoms with Gasteiger partial charge in [-0.15, -0.1) is 0 Å². The van der Waals surface area contributed by atoms with Crippen LogP contribution in [0, 0.1) is 46.3 Å². The van der Waals surface area contributed by atoms with Crippen molar-refractivity contribution in [1.29, 1.82) is 0 Å². The maximum atomic E-state index is 13.2. The normalized spacial score (nSPS) is 32.7. The predicted molar refractivity (Wildman–Crippen MR) is 185 cm³/mol. The first-order chi connectivity index (χ1) is 21.7. The minimum absolute atomic E-state index is 0. The smallest absolute Gasteiger partial charge is 0.244 e. The molecule has 2 aromatic carbocycles. The largest absolute Gasteiger partial charge is 1.00 e. The van der Waals surface area contributed by atoms with Gasteiger partial charge in [-0.1, -0.05) is 102 Å². The zero-order chi connectivity index (χ0) is 31.3. The van der Waals surface area contributed by atoms with Crippen molar-refractivity contribution in [3.8, 4) is 0 Å². The van der Waals surface area contributed by atoms with E-state index in [4.69, 9.17) is 0 Å². The van der Waals surface area contributed by atoms with Crippen LogP contribution in [0.25, 0.3) is 10.8 Å². The van der Waals surface area contributed by atoms with E-state index in [1.165, 1.54) is 76.0 Å². The number of aromatic nitrogens is 2. The SMILES string of the molecule is CC(C)CCC[C@@H](C)[C@H]1CC[C@H]2[C@@H]3CC=C4C[C@H](n5cc[n+](CC(=O)c6ccc7ccccc7c6)c5)CC[C@]4(C)[C@H]3CC[C@]12C.[Br-]. The van der Waals surface area contributed by atoms with Crippen LogP contribution >= 0.6 is 0 Å². The standard InChI is InChI=1S/C42H57N2O.BrH/c1-29(2)9-8-10-30(3)37-17-18-38-36-16-15-34-26-35(19-21-41(34,4)39(36)20-22-42(37,38)5)44-24-23-43(28-44)27-40(45)33-14-13-31-11-6-7-12-32(31)25-33;/h6-7,11-15,23-25,28-30,35-39H,8-10,16-22,26-27H2,1-5H3;1H/q+1;/p-1/t30-,35-,36+,37-,38+,39+,41+,42-;/m1./s1. The van der Waals surface area contributed by atoms with Crippen LogP contribution in [-0.2, 0) is 6.54 Å². The lowest BCUT2D eigenvalue weighted by molar-refractivity contribution is -0.682. The molecule has 0 unspecified atom stereocenters. The van der Waals surface area contributed by atoms with Crippen LogP contribution in [0.1, 0.15) is 122 Å². The van der Waals surface area contributed by atoms with Crippen LogP contribution < -0.4 is 21.5 Å². The third-order valence-electron chi connectivity index (χ3n) is 13.8. The Bertz CT molecular complexity index is 1570. The minimum atomic E-state index is 0. The second kappa shape index (κ2) is 13.4. The average Bonchev–Trinajstić information content (AvgIpc) is 3.64. The Morgan fingerprint density at radius 2 is 1.76 bits per heavy atom. The van der Waals surface area contributed by atoms with E-state index in [2.05, 4.69) is 86.7 Å². The fourth-order valence-corrected chi connectivity index (χ4v) is 11.3. The second-order valence-corrected chi connectivity index (χ2v) is 16.7. The van der Waals surface area contributed by atoms with Crippen LogP contribution in [-0.4, -0.2) is 10.4 Å². The maximum Gasteiger partial charge on any atom is 0.244 e. The van der Waals surface area contributed by atoms with E-state index >= 15 is 0 Å². The van der Waals surface area contributed by atoms with Gasteiger partial charge in [-0.2, -0.15) is 0 Å². The van der Waals surface area contributed by atoms with Crippen LogP contribution in [0.2, 0.25) is 0 Å². The van der Waals surface area contributed by atoms with Gasteiger partial charge in [0.25, 0.3) is 0 Å². The molecular formula is C42H57BrN2O. The highest BCUT2D eigenvalue weighted by Gasteiger charge is 2.59. The van der Waals surface area contributed by atoms with Gasteiger partial charge in [-0.3, -0.25) is 4.79 Å². The summed E-state index contributed by atoms with van der Waals surface area (Å²) in [5.74, 6) is 5.48. The lowest BCUT2D eigenvalue weighted by Crippen LogP contribution is -3.00. The number of nitrogens with zero attached hydrogens (tertiary/aromatic N) is 2. The van der Waals surface area contributed by atoms with Crippen molar-refractivity contribution >= 4 is 16.6 Å². The van der Waals surface area contributed by atoms with Crippen LogP contribution in [0.3, 0.4) is 0 Å². The van der Waals surface area contributed by atoms with Gasteiger partial charge in [0, 0.05) is 12.0 Å². The summed E-state index contributed by atoms with van der Waals surface area (Å²) >= 11 is 0. The number of allylic oxidation sites excluding steroid dienone is 2. The van der Waals surface area contributed by atoms with Crippen molar-refractivity contribution in [2.24, 2.45) is 46.3 Å². The zero-order valence-corrected chi connectivity index (χ0v) is 30.6. The Hall–Kier alpha value is -2.20. The Kier molecular flexibility index (Phi) is 9.79. The molecule has 4 aliphatic rings. The summed E-state index contributed by atoms with van der Waals surface area (Å²) in [4.78, 5) is 13.2. The summed E-state index contributed by atoms with van der Waals surface area (Å²) < 4.78 is 4.49. The van der Waals surface area contributed by atoms with Gasteiger partial charge in [-0.25, -0.2) is 9.13 Å². The van der Waals surface area contributed by atoms with Crippen LogP contribution in [0.4, 0.5) is 0 Å². The summed E-state index contributed by atoms with van der Waals surface area (Å²) in [6.45, 7) is 13.1. The first-order valence-corrected chi connectivity index (χ1v) is 18.4. The van der Waals surface area contributed by atoms with Gasteiger partial charge in [0.1, 0.15) is 18.4 Å². The number of fused-ring (bicyclic) bond motifs is 6. The Balaban J connectivity index is 0.00000372. The Labute approximate surface area is 289 Å². The van der Waals surface area contributed by atoms with Gasteiger partial charge in [-0.05, 0) is 108 Å².